The molecule has 1 amide bonds. The van der Waals surface area contributed by atoms with Gasteiger partial charge in [-0.3, -0.25) is 4.79 Å². The van der Waals surface area contributed by atoms with Crippen molar-refractivity contribution in [3.63, 3.8) is 0 Å². The molecule has 1 saturated heterocycles. The molecule has 1 aliphatic rings. The van der Waals surface area contributed by atoms with Crippen molar-refractivity contribution in [1.82, 2.24) is 4.90 Å². The maximum atomic E-state index is 12.0. The van der Waals surface area contributed by atoms with Crippen LogP contribution in [0.4, 0.5) is 0 Å². The zero-order valence-corrected chi connectivity index (χ0v) is 10.9. The Bertz CT molecular complexity index is 325. The SMILES string of the molecule is O=C(c1cccs1)N1CCCC(CBr)C1. The number of amides is 1. The summed E-state index contributed by atoms with van der Waals surface area (Å²) in [5.74, 6) is 0.832. The molecular weight excluding hydrogens is 274 g/mol. The molecule has 1 unspecified atom stereocenters. The molecule has 1 aromatic heterocycles. The summed E-state index contributed by atoms with van der Waals surface area (Å²) in [6.45, 7) is 1.82. The molecule has 1 atom stereocenters. The van der Waals surface area contributed by atoms with Gasteiger partial charge in [0.15, 0.2) is 0 Å². The van der Waals surface area contributed by atoms with E-state index < -0.39 is 0 Å². The third-order valence-electron chi connectivity index (χ3n) is 2.76. The summed E-state index contributed by atoms with van der Waals surface area (Å²) < 4.78 is 0. The number of halogens is 1. The van der Waals surface area contributed by atoms with E-state index in [0.29, 0.717) is 5.92 Å². The van der Waals surface area contributed by atoms with Gasteiger partial charge >= 0.3 is 0 Å². The van der Waals surface area contributed by atoms with Crippen molar-refractivity contribution in [3.8, 4) is 0 Å². The highest BCUT2D eigenvalue weighted by molar-refractivity contribution is 9.09. The quantitative estimate of drug-likeness (QED) is 0.766. The number of hydrogen-bond donors (Lipinski definition) is 0. The number of carbonyl (C=O) groups excluding carboxylic acids is 1. The van der Waals surface area contributed by atoms with Gasteiger partial charge in [0.05, 0.1) is 4.88 Å². The molecule has 4 heteroatoms. The molecule has 0 spiro atoms. The van der Waals surface area contributed by atoms with Crippen molar-refractivity contribution in [2.45, 2.75) is 12.8 Å². The molecular formula is C11H14BrNOS. The fourth-order valence-electron chi connectivity index (χ4n) is 1.93. The molecule has 0 aliphatic carbocycles. The van der Waals surface area contributed by atoms with Gasteiger partial charge < -0.3 is 4.90 Å². The van der Waals surface area contributed by atoms with Crippen molar-refractivity contribution >= 4 is 33.2 Å². The average Bonchev–Trinajstić information content (AvgIpc) is 2.81. The predicted octanol–water partition coefficient (Wildman–Crippen LogP) is 3.00. The molecule has 0 N–H and O–H groups in total. The molecule has 0 aromatic carbocycles. The van der Waals surface area contributed by atoms with Crippen LogP contribution in [0.2, 0.25) is 0 Å². The summed E-state index contributed by atoms with van der Waals surface area (Å²) in [5, 5.41) is 2.96. The zero-order chi connectivity index (χ0) is 10.7. The fraction of sp³-hybridized carbons (Fsp3) is 0.545. The molecule has 2 rings (SSSR count). The minimum absolute atomic E-state index is 0.204. The van der Waals surface area contributed by atoms with E-state index in [-0.39, 0.29) is 5.91 Å². The first-order valence-electron chi connectivity index (χ1n) is 5.20. The van der Waals surface area contributed by atoms with Crippen LogP contribution in [0.3, 0.4) is 0 Å². The molecule has 82 valence electrons. The van der Waals surface area contributed by atoms with Crippen LogP contribution in [0.15, 0.2) is 17.5 Å². The van der Waals surface area contributed by atoms with Crippen molar-refractivity contribution in [2.24, 2.45) is 5.92 Å². The number of likely N-dealkylation sites (tertiary alicyclic amines) is 1. The molecule has 0 saturated carbocycles. The summed E-state index contributed by atoms with van der Waals surface area (Å²) in [5.41, 5.74) is 0. The monoisotopic (exact) mass is 287 g/mol. The minimum atomic E-state index is 0.204. The highest BCUT2D eigenvalue weighted by atomic mass is 79.9. The second-order valence-corrected chi connectivity index (χ2v) is 5.49. The lowest BCUT2D eigenvalue weighted by Gasteiger charge is -2.31. The molecule has 0 radical (unpaired) electrons. The summed E-state index contributed by atoms with van der Waals surface area (Å²) in [6, 6.07) is 3.84. The van der Waals surface area contributed by atoms with Crippen molar-refractivity contribution in [3.05, 3.63) is 22.4 Å². The normalized spacial score (nSPS) is 21.7. The first kappa shape index (κ1) is 11.1. The van der Waals surface area contributed by atoms with Crippen molar-refractivity contribution in [2.75, 3.05) is 18.4 Å². The van der Waals surface area contributed by atoms with Gasteiger partial charge in [0.2, 0.25) is 0 Å². The van der Waals surface area contributed by atoms with E-state index in [2.05, 4.69) is 15.9 Å². The highest BCUT2D eigenvalue weighted by Crippen LogP contribution is 2.21. The Morgan fingerprint density at radius 1 is 1.67 bits per heavy atom. The minimum Gasteiger partial charge on any atom is -0.338 e. The smallest absolute Gasteiger partial charge is 0.263 e. The maximum absolute atomic E-state index is 12.0. The Labute approximate surface area is 102 Å². The van der Waals surface area contributed by atoms with Crippen LogP contribution >= 0.6 is 27.3 Å². The van der Waals surface area contributed by atoms with Crippen LogP contribution < -0.4 is 0 Å². The maximum Gasteiger partial charge on any atom is 0.263 e. The average molecular weight is 288 g/mol. The van der Waals surface area contributed by atoms with E-state index in [0.717, 1.165) is 29.7 Å². The van der Waals surface area contributed by atoms with Crippen LogP contribution in [0.5, 0.6) is 0 Å². The Morgan fingerprint density at radius 3 is 3.20 bits per heavy atom. The summed E-state index contributed by atoms with van der Waals surface area (Å²) in [4.78, 5) is 14.9. The second kappa shape index (κ2) is 5.12. The van der Waals surface area contributed by atoms with Gasteiger partial charge in [-0.1, -0.05) is 22.0 Å². The number of thiophene rings is 1. The van der Waals surface area contributed by atoms with Crippen LogP contribution in [0, 0.1) is 5.92 Å². The second-order valence-electron chi connectivity index (χ2n) is 3.89. The van der Waals surface area contributed by atoms with Gasteiger partial charge in [0, 0.05) is 18.4 Å². The number of alkyl halides is 1. The molecule has 15 heavy (non-hydrogen) atoms. The lowest BCUT2D eigenvalue weighted by Crippen LogP contribution is -2.40. The highest BCUT2D eigenvalue weighted by Gasteiger charge is 2.23. The van der Waals surface area contributed by atoms with Crippen molar-refractivity contribution < 1.29 is 4.79 Å². The van der Waals surface area contributed by atoms with Gasteiger partial charge in [0.25, 0.3) is 5.91 Å². The third-order valence-corrected chi connectivity index (χ3v) is 4.53. The van der Waals surface area contributed by atoms with Crippen LogP contribution in [0.25, 0.3) is 0 Å². The largest absolute Gasteiger partial charge is 0.338 e. The first-order valence-corrected chi connectivity index (χ1v) is 7.20. The van der Waals surface area contributed by atoms with Crippen LogP contribution in [0.1, 0.15) is 22.5 Å². The van der Waals surface area contributed by atoms with E-state index in [9.17, 15) is 4.79 Å². The molecule has 1 aromatic rings. The van der Waals surface area contributed by atoms with Crippen LogP contribution in [-0.4, -0.2) is 29.2 Å². The lowest BCUT2D eigenvalue weighted by molar-refractivity contribution is 0.0691. The Balaban J connectivity index is 2.01. The first-order chi connectivity index (χ1) is 7.31. The third kappa shape index (κ3) is 2.61. The number of hydrogen-bond acceptors (Lipinski definition) is 2. The fourth-order valence-corrected chi connectivity index (χ4v) is 3.15. The Kier molecular flexibility index (Phi) is 3.81. The molecule has 1 fully saturated rings. The number of carbonyl (C=O) groups is 1. The summed E-state index contributed by atoms with van der Waals surface area (Å²) in [7, 11) is 0. The van der Waals surface area contributed by atoms with E-state index in [1.165, 1.54) is 17.8 Å². The van der Waals surface area contributed by atoms with Gasteiger partial charge in [0.1, 0.15) is 0 Å². The topological polar surface area (TPSA) is 20.3 Å². The Morgan fingerprint density at radius 2 is 2.53 bits per heavy atom. The summed E-state index contributed by atoms with van der Waals surface area (Å²) in [6.07, 6.45) is 2.37. The standard InChI is InChI=1S/C11H14BrNOS/c12-7-9-3-1-5-13(8-9)11(14)10-4-2-6-15-10/h2,4,6,9H,1,3,5,7-8H2. The van der Waals surface area contributed by atoms with Crippen LogP contribution in [-0.2, 0) is 0 Å². The van der Waals surface area contributed by atoms with E-state index in [4.69, 9.17) is 0 Å². The lowest BCUT2D eigenvalue weighted by atomic mass is 10.0. The molecule has 2 heterocycles. The molecule has 1 aliphatic heterocycles. The summed E-state index contributed by atoms with van der Waals surface area (Å²) >= 11 is 5.03. The van der Waals surface area contributed by atoms with Gasteiger partial charge in [-0.05, 0) is 30.2 Å². The van der Waals surface area contributed by atoms with Gasteiger partial charge in [-0.25, -0.2) is 0 Å². The molecule has 0 bridgehead atoms. The van der Waals surface area contributed by atoms with E-state index >= 15 is 0 Å². The van der Waals surface area contributed by atoms with Gasteiger partial charge in [-0.15, -0.1) is 11.3 Å². The van der Waals surface area contributed by atoms with E-state index in [1.807, 2.05) is 22.4 Å². The predicted molar refractivity (Wildman–Crippen MR) is 66.7 cm³/mol. The Hall–Kier alpha value is -0.350. The molecule has 2 nitrogen and oxygen atoms in total. The number of rotatable bonds is 2. The van der Waals surface area contributed by atoms with E-state index in [1.54, 1.807) is 0 Å². The zero-order valence-electron chi connectivity index (χ0n) is 8.49. The number of piperidine rings is 1. The van der Waals surface area contributed by atoms with Crippen molar-refractivity contribution in [1.29, 1.82) is 0 Å². The number of nitrogens with zero attached hydrogens (tertiary/aromatic N) is 1. The van der Waals surface area contributed by atoms with Gasteiger partial charge in [-0.2, -0.15) is 0 Å².